The van der Waals surface area contributed by atoms with Crippen LogP contribution in [0.25, 0.3) is 66.5 Å². The predicted octanol–water partition coefficient (Wildman–Crippen LogP) is 9.02. The minimum atomic E-state index is -8.12. The van der Waals surface area contributed by atoms with Crippen molar-refractivity contribution in [2.24, 2.45) is 0 Å². The fourth-order valence-electron chi connectivity index (χ4n) is 11.5. The molecule has 0 aliphatic carbocycles. The van der Waals surface area contributed by atoms with E-state index in [0.717, 1.165) is 12.1 Å². The highest BCUT2D eigenvalue weighted by atomic mass is 32.3. The van der Waals surface area contributed by atoms with Gasteiger partial charge in [0.25, 0.3) is 10.0 Å². The van der Waals surface area contributed by atoms with Gasteiger partial charge in [-0.05, 0) is 66.6 Å². The number of aryl methyl sites for hydroxylation is 1. The van der Waals surface area contributed by atoms with Crippen LogP contribution >= 0.6 is 0 Å². The number of alkyl halides is 9. The number of benzene rings is 8. The molecule has 0 bridgehead atoms. The lowest BCUT2D eigenvalue weighted by Gasteiger charge is -2.31. The number of hydrogen-bond donors (Lipinski definition) is 1. The molecule has 12 rings (SSSR count). The second kappa shape index (κ2) is 25.0. The summed E-state index contributed by atoms with van der Waals surface area (Å²) < 4.78 is 215. The van der Waals surface area contributed by atoms with Crippen LogP contribution in [0.3, 0.4) is 0 Å². The van der Waals surface area contributed by atoms with Crippen LogP contribution in [0.5, 0.6) is 5.75 Å². The third-order valence-corrected chi connectivity index (χ3v) is 20.5. The van der Waals surface area contributed by atoms with E-state index in [1.807, 2.05) is 84.2 Å². The van der Waals surface area contributed by atoms with Crippen LogP contribution < -0.4 is 40.9 Å². The lowest BCUT2D eigenvalue weighted by atomic mass is 9.50. The number of rotatable bonds is 18. The first kappa shape index (κ1) is 66.1. The Kier molecular flexibility index (Phi) is 17.1. The van der Waals surface area contributed by atoms with Crippen molar-refractivity contribution < 1.29 is 69.0 Å². The van der Waals surface area contributed by atoms with Crippen LogP contribution in [0, 0.1) is 29.6 Å². The van der Waals surface area contributed by atoms with Gasteiger partial charge in [-0.3, -0.25) is 9.97 Å². The van der Waals surface area contributed by atoms with Gasteiger partial charge in [0.15, 0.2) is 0 Å². The van der Waals surface area contributed by atoms with Crippen molar-refractivity contribution >= 4 is 110 Å². The summed E-state index contributed by atoms with van der Waals surface area (Å²) in [4.78, 5) is 19.6. The summed E-state index contributed by atoms with van der Waals surface area (Å²) in [6.07, 6.45) is 2.81. The lowest BCUT2D eigenvalue weighted by molar-refractivity contribution is -0.245. The van der Waals surface area contributed by atoms with Gasteiger partial charge in [-0.15, -0.1) is 0 Å². The number of nitrogens with zero attached hydrogens (tertiary/aromatic N) is 8. The van der Waals surface area contributed by atoms with E-state index in [0.29, 0.717) is 72.9 Å². The summed E-state index contributed by atoms with van der Waals surface area (Å²) >= 11 is 0. The van der Waals surface area contributed by atoms with Crippen LogP contribution in [-0.2, 0) is 30.2 Å². The highest BCUT2D eigenvalue weighted by Crippen LogP contribution is 2.51. The molecule has 0 amide bonds. The highest BCUT2D eigenvalue weighted by Gasteiger charge is 2.83. The van der Waals surface area contributed by atoms with E-state index in [4.69, 9.17) is 19.9 Å². The van der Waals surface area contributed by atoms with E-state index in [2.05, 4.69) is 16.3 Å². The topological polar surface area (TPSA) is 233 Å². The summed E-state index contributed by atoms with van der Waals surface area (Å²) in [6.45, 7) is -0.187. The zero-order valence-electron chi connectivity index (χ0n) is 49.7. The van der Waals surface area contributed by atoms with Gasteiger partial charge >= 0.3 is 55.8 Å². The fourth-order valence-corrected chi connectivity index (χ4v) is 14.9. The van der Waals surface area contributed by atoms with Gasteiger partial charge in [0, 0.05) is 27.7 Å². The standard InChI is InChI=1S/C67H42B2F9N9O7S3/c1-42-20-14-15-29-49(42)61-59-58(62(50(38-79)56-40-81-52-30-16-18-32-54(52)83-56)87(61)69(46-25-10-4-11-26-46)47-27-12-5-13-28-47)60(43-34-36-48(37-35-43)94-97(92,93)66(74,75)64(70,71)65(72,73)95(88,89)85-96(90,91)67(76,77)78)86(68(44-21-6-2-7-22-44)45-23-8-3-9-24-45)63(59)51(39-80)57-41-82-53-31-17-19-33-55(53)84-57/h2-37,40-41,85H,1H3/b62-50-,63-51-. The molecule has 0 radical (unpaired) electrons. The number of nitrogens with one attached hydrogen (secondary N) is 1. The predicted molar refractivity (Wildman–Crippen MR) is 348 cm³/mol. The molecule has 0 aliphatic heterocycles. The molecule has 16 nitrogen and oxygen atoms in total. The van der Waals surface area contributed by atoms with Crippen molar-refractivity contribution in [2.75, 3.05) is 0 Å². The molecular weight excluding hydrogens is 1330 g/mol. The van der Waals surface area contributed by atoms with Crippen LogP contribution in [-0.4, -0.2) is 89.8 Å². The highest BCUT2D eigenvalue weighted by molar-refractivity contribution is 8.05. The molecule has 97 heavy (non-hydrogen) atoms. The van der Waals surface area contributed by atoms with Gasteiger partial charge in [-0.25, -0.2) is 26.8 Å². The third kappa shape index (κ3) is 11.5. The van der Waals surface area contributed by atoms with Crippen LogP contribution in [0.1, 0.15) is 17.0 Å². The van der Waals surface area contributed by atoms with Gasteiger partial charge in [0.1, 0.15) is 40.4 Å². The Hall–Kier alpha value is -10.9. The van der Waals surface area contributed by atoms with Crippen molar-refractivity contribution in [3.8, 4) is 40.4 Å². The quantitative estimate of drug-likeness (QED) is 0.0481. The van der Waals surface area contributed by atoms with Crippen molar-refractivity contribution in [3.05, 3.63) is 258 Å². The number of aromatic nitrogens is 6. The van der Waals surface area contributed by atoms with Gasteiger partial charge in [0.2, 0.25) is 0 Å². The minimum absolute atomic E-state index is 0.0219. The van der Waals surface area contributed by atoms with Crippen molar-refractivity contribution in [1.82, 2.24) is 33.0 Å². The summed E-state index contributed by atoms with van der Waals surface area (Å²) in [7, 11) is -23.3. The Balaban J connectivity index is 1.28. The lowest BCUT2D eigenvalue weighted by Crippen LogP contribution is -2.64. The maximum Gasteiger partial charge on any atom is 0.512 e. The number of para-hydroxylation sites is 4. The van der Waals surface area contributed by atoms with Crippen LogP contribution in [0.15, 0.2) is 231 Å². The first-order valence-electron chi connectivity index (χ1n) is 28.7. The second-order valence-electron chi connectivity index (χ2n) is 21.8. The zero-order valence-corrected chi connectivity index (χ0v) is 52.1. The minimum Gasteiger partial charge on any atom is -0.378 e. The van der Waals surface area contributed by atoms with Crippen LogP contribution in [0.2, 0.25) is 0 Å². The van der Waals surface area contributed by atoms with E-state index in [1.54, 1.807) is 126 Å². The molecule has 8 aromatic carbocycles. The molecular formula is C67H42B2F9N9O7S3. The molecule has 30 heteroatoms. The van der Waals surface area contributed by atoms with Crippen molar-refractivity contribution in [1.29, 1.82) is 10.5 Å². The largest absolute Gasteiger partial charge is 0.512 e. The Bertz CT molecular complexity index is 5500. The van der Waals surface area contributed by atoms with Gasteiger partial charge in [-0.2, -0.15) is 58.5 Å². The molecule has 4 aromatic heterocycles. The molecule has 0 fully saturated rings. The summed E-state index contributed by atoms with van der Waals surface area (Å²) in [5, 5.41) is 9.96. The Labute approximate surface area is 547 Å². The molecule has 0 saturated heterocycles. The molecule has 0 atom stereocenters. The van der Waals surface area contributed by atoms with Gasteiger partial charge in [-0.1, -0.05) is 196 Å². The summed E-state index contributed by atoms with van der Waals surface area (Å²) in [5.74, 6) is -9.15. The third-order valence-electron chi connectivity index (χ3n) is 15.9. The van der Waals surface area contributed by atoms with E-state index in [1.165, 1.54) is 12.4 Å². The number of halogens is 9. The Morgan fingerprint density at radius 1 is 0.464 bits per heavy atom. The SMILES string of the molecule is Cc1ccccc1-c1c2/c(=C(\C#N)c3cnc4ccccc4n3)n(B(c3ccccc3)c3ccccc3)c(-c3ccc(OS(=O)(=O)C(F)(F)C(F)(F)C(F)(F)S(=O)(=O)NS(=O)(=O)C(F)(F)F)cc3)c2/c(=C(\C#N)c2cnc3ccccc3n2)n1B(c1ccccc1)c1ccccc1. The number of hydrogen-bond acceptors (Lipinski definition) is 13. The average Bonchev–Trinajstić information content (AvgIpc) is 1.47. The number of sulfonamides is 2. The maximum absolute atomic E-state index is 15.9. The molecule has 0 aliphatic rings. The van der Waals surface area contributed by atoms with Crippen molar-refractivity contribution in [3.63, 3.8) is 0 Å². The van der Waals surface area contributed by atoms with Gasteiger partial charge in [0.05, 0.1) is 45.2 Å². The summed E-state index contributed by atoms with van der Waals surface area (Å²) in [6, 6.07) is 65.3. The first-order chi connectivity index (χ1) is 46.1. The molecule has 0 saturated carbocycles. The molecule has 484 valence electrons. The zero-order chi connectivity index (χ0) is 69.0. The van der Waals surface area contributed by atoms with Gasteiger partial charge < -0.3 is 13.1 Å². The van der Waals surface area contributed by atoms with E-state index >= 15 is 26.3 Å². The average molecular weight is 1370 g/mol. The fraction of sp³-hybridized carbons (Fsp3) is 0.0746. The first-order valence-corrected chi connectivity index (χ1v) is 33.1. The Morgan fingerprint density at radius 3 is 1.24 bits per heavy atom. The molecule has 4 heterocycles. The van der Waals surface area contributed by atoms with Crippen LogP contribution in [0.4, 0.5) is 39.5 Å². The van der Waals surface area contributed by atoms with E-state index < -0.39 is 75.7 Å². The normalized spacial score (nSPS) is 13.2. The Morgan fingerprint density at radius 2 is 0.835 bits per heavy atom. The maximum atomic E-state index is 15.9. The second-order valence-corrected chi connectivity index (χ2v) is 27.1. The molecule has 0 spiro atoms. The monoisotopic (exact) mass is 1370 g/mol. The molecule has 12 aromatic rings. The van der Waals surface area contributed by atoms with Crippen molar-refractivity contribution in [2.45, 2.75) is 28.9 Å². The van der Waals surface area contributed by atoms with E-state index in [-0.39, 0.29) is 55.3 Å². The molecule has 0 unspecified atom stereocenters. The summed E-state index contributed by atoms with van der Waals surface area (Å²) in [5.41, 5.74) is -1.51. The number of fused-ring (bicyclic) bond motifs is 3. The van der Waals surface area contributed by atoms with E-state index in [9.17, 15) is 48.9 Å². The number of nitriles is 2. The molecule has 1 N–H and O–H groups in total. The smallest absolute Gasteiger partial charge is 0.378 e.